The number of nitrogens with zero attached hydrogens (tertiary/aromatic N) is 2. The summed E-state index contributed by atoms with van der Waals surface area (Å²) in [6.45, 7) is 4.76. The van der Waals surface area contributed by atoms with Gasteiger partial charge in [-0.3, -0.25) is 0 Å². The molecule has 0 aromatic carbocycles. The minimum Gasteiger partial charge on any atom is -0.367 e. The van der Waals surface area contributed by atoms with Crippen molar-refractivity contribution in [3.05, 3.63) is 11.7 Å². The van der Waals surface area contributed by atoms with Gasteiger partial charge in [0.25, 0.3) is 0 Å². The average Bonchev–Trinajstić information content (AvgIpc) is 2.89. The molecular formula is C14H25N3O2. The molecule has 1 aromatic rings. The van der Waals surface area contributed by atoms with Crippen LogP contribution >= 0.6 is 0 Å². The summed E-state index contributed by atoms with van der Waals surface area (Å²) in [5.74, 6) is 1.35. The molecule has 108 valence electrons. The lowest BCUT2D eigenvalue weighted by molar-refractivity contribution is -0.0777. The van der Waals surface area contributed by atoms with E-state index in [1.165, 1.54) is 19.3 Å². The molecule has 1 aromatic heterocycles. The number of hydrogen-bond donors (Lipinski definition) is 1. The molecule has 1 heterocycles. The number of ether oxygens (including phenoxy) is 1. The Labute approximate surface area is 114 Å². The van der Waals surface area contributed by atoms with Gasteiger partial charge in [-0.1, -0.05) is 31.3 Å². The summed E-state index contributed by atoms with van der Waals surface area (Å²) in [5.41, 5.74) is 5.60. The third-order valence-electron chi connectivity index (χ3n) is 3.92. The van der Waals surface area contributed by atoms with Crippen LogP contribution in [0.25, 0.3) is 0 Å². The highest BCUT2D eigenvalue weighted by molar-refractivity contribution is 5.04. The van der Waals surface area contributed by atoms with Gasteiger partial charge in [0.1, 0.15) is 5.60 Å². The maximum Gasteiger partial charge on any atom is 0.228 e. The molecule has 1 fully saturated rings. The molecule has 0 bridgehead atoms. The molecule has 0 aliphatic heterocycles. The molecule has 1 atom stereocenters. The highest BCUT2D eigenvalue weighted by atomic mass is 16.5. The van der Waals surface area contributed by atoms with Crippen molar-refractivity contribution < 1.29 is 9.26 Å². The van der Waals surface area contributed by atoms with Crippen molar-refractivity contribution in [3.8, 4) is 0 Å². The second kappa shape index (κ2) is 6.48. The minimum atomic E-state index is -0.328. The average molecular weight is 267 g/mol. The first kappa shape index (κ1) is 14.5. The van der Waals surface area contributed by atoms with Gasteiger partial charge in [-0.2, -0.15) is 4.98 Å². The van der Waals surface area contributed by atoms with Crippen molar-refractivity contribution in [2.45, 2.75) is 70.4 Å². The zero-order valence-electron chi connectivity index (χ0n) is 12.0. The van der Waals surface area contributed by atoms with Gasteiger partial charge < -0.3 is 15.0 Å². The molecule has 5 heteroatoms. The smallest absolute Gasteiger partial charge is 0.228 e. The highest BCUT2D eigenvalue weighted by Crippen LogP contribution is 2.39. The van der Waals surface area contributed by atoms with Crippen molar-refractivity contribution in [2.24, 2.45) is 5.73 Å². The van der Waals surface area contributed by atoms with Crippen LogP contribution in [0.2, 0.25) is 0 Å². The Balaban J connectivity index is 2.13. The molecule has 5 nitrogen and oxygen atoms in total. The van der Waals surface area contributed by atoms with Crippen LogP contribution in [0.5, 0.6) is 0 Å². The van der Waals surface area contributed by atoms with Crippen molar-refractivity contribution in [2.75, 3.05) is 6.61 Å². The first-order valence-corrected chi connectivity index (χ1v) is 7.43. The second-order valence-corrected chi connectivity index (χ2v) is 5.37. The summed E-state index contributed by atoms with van der Waals surface area (Å²) in [6.07, 6.45) is 7.12. The fraction of sp³-hybridized carbons (Fsp3) is 0.857. The predicted molar refractivity (Wildman–Crippen MR) is 72.7 cm³/mol. The van der Waals surface area contributed by atoms with Gasteiger partial charge in [0.2, 0.25) is 11.7 Å². The Hall–Kier alpha value is -0.940. The van der Waals surface area contributed by atoms with E-state index in [1.807, 2.05) is 6.92 Å². The molecule has 2 rings (SSSR count). The molecular weight excluding hydrogens is 242 g/mol. The lowest BCUT2D eigenvalue weighted by atomic mass is 9.84. The van der Waals surface area contributed by atoms with Gasteiger partial charge in [-0.15, -0.1) is 0 Å². The van der Waals surface area contributed by atoms with Gasteiger partial charge in [0, 0.05) is 19.1 Å². The summed E-state index contributed by atoms with van der Waals surface area (Å²) in [6, 6.07) is 0.0858. The molecule has 0 radical (unpaired) electrons. The van der Waals surface area contributed by atoms with E-state index in [2.05, 4.69) is 17.1 Å². The van der Waals surface area contributed by atoms with Crippen molar-refractivity contribution >= 4 is 0 Å². The molecule has 2 N–H and O–H groups in total. The predicted octanol–water partition coefficient (Wildman–Crippen LogP) is 2.55. The molecule has 0 spiro atoms. The monoisotopic (exact) mass is 267 g/mol. The lowest BCUT2D eigenvalue weighted by Crippen LogP contribution is -2.33. The zero-order valence-corrected chi connectivity index (χ0v) is 12.0. The maximum atomic E-state index is 5.98. The Morgan fingerprint density at radius 1 is 1.32 bits per heavy atom. The maximum absolute atomic E-state index is 5.98. The second-order valence-electron chi connectivity index (χ2n) is 5.37. The standard InChI is InChI=1S/C14H25N3O2/c1-3-11(15)10-12-16-13(17-19-12)14(18-4-2)8-6-5-7-9-14/h11H,3-10,15H2,1-2H3. The highest BCUT2D eigenvalue weighted by Gasteiger charge is 2.39. The van der Waals surface area contributed by atoms with E-state index in [-0.39, 0.29) is 11.6 Å². The molecule has 0 amide bonds. The number of hydrogen-bond acceptors (Lipinski definition) is 5. The Morgan fingerprint density at radius 2 is 2.05 bits per heavy atom. The van der Waals surface area contributed by atoms with E-state index in [1.54, 1.807) is 0 Å². The SMILES string of the molecule is CCOC1(c2noc(CC(N)CC)n2)CCCCC1. The fourth-order valence-electron chi connectivity index (χ4n) is 2.72. The first-order valence-electron chi connectivity index (χ1n) is 7.43. The van der Waals surface area contributed by atoms with Gasteiger partial charge in [-0.25, -0.2) is 0 Å². The van der Waals surface area contributed by atoms with Crippen molar-refractivity contribution in [1.29, 1.82) is 0 Å². The summed E-state index contributed by atoms with van der Waals surface area (Å²) in [5, 5.41) is 4.15. The van der Waals surface area contributed by atoms with Crippen LogP contribution in [0.1, 0.15) is 64.1 Å². The number of nitrogens with two attached hydrogens (primary N) is 1. The van der Waals surface area contributed by atoms with Crippen LogP contribution < -0.4 is 5.73 Å². The Morgan fingerprint density at radius 3 is 2.68 bits per heavy atom. The van der Waals surface area contributed by atoms with Gasteiger partial charge in [0.05, 0.1) is 0 Å². The van der Waals surface area contributed by atoms with Crippen LogP contribution in [-0.4, -0.2) is 22.8 Å². The van der Waals surface area contributed by atoms with Crippen molar-refractivity contribution in [3.63, 3.8) is 0 Å². The molecule has 0 saturated heterocycles. The van der Waals surface area contributed by atoms with E-state index in [0.29, 0.717) is 24.7 Å². The van der Waals surface area contributed by atoms with E-state index in [9.17, 15) is 0 Å². The van der Waals surface area contributed by atoms with E-state index in [4.69, 9.17) is 15.0 Å². The normalized spacial score (nSPS) is 20.4. The largest absolute Gasteiger partial charge is 0.367 e. The van der Waals surface area contributed by atoms with Crippen LogP contribution in [0.3, 0.4) is 0 Å². The van der Waals surface area contributed by atoms with Crippen LogP contribution in [-0.2, 0) is 16.8 Å². The van der Waals surface area contributed by atoms with Gasteiger partial charge in [0.15, 0.2) is 0 Å². The molecule has 19 heavy (non-hydrogen) atoms. The summed E-state index contributed by atoms with van der Waals surface area (Å²) in [7, 11) is 0. The number of aromatic nitrogens is 2. The third kappa shape index (κ3) is 3.34. The molecule has 1 aliphatic rings. The Kier molecular flexibility index (Phi) is 4.93. The van der Waals surface area contributed by atoms with Crippen LogP contribution in [0.4, 0.5) is 0 Å². The van der Waals surface area contributed by atoms with Gasteiger partial charge >= 0.3 is 0 Å². The van der Waals surface area contributed by atoms with Crippen molar-refractivity contribution in [1.82, 2.24) is 10.1 Å². The van der Waals surface area contributed by atoms with E-state index >= 15 is 0 Å². The van der Waals surface area contributed by atoms with E-state index < -0.39 is 0 Å². The third-order valence-corrected chi connectivity index (χ3v) is 3.92. The van der Waals surface area contributed by atoms with Crippen LogP contribution in [0.15, 0.2) is 4.52 Å². The fourth-order valence-corrected chi connectivity index (χ4v) is 2.72. The quantitative estimate of drug-likeness (QED) is 0.857. The van der Waals surface area contributed by atoms with E-state index in [0.717, 1.165) is 19.3 Å². The Bertz CT molecular complexity index is 380. The topological polar surface area (TPSA) is 74.2 Å². The minimum absolute atomic E-state index is 0.0858. The molecule has 1 saturated carbocycles. The van der Waals surface area contributed by atoms with Crippen LogP contribution in [0, 0.1) is 0 Å². The summed E-state index contributed by atoms with van der Waals surface area (Å²) in [4.78, 5) is 4.53. The molecule has 1 unspecified atom stereocenters. The number of rotatable bonds is 6. The zero-order chi connectivity index (χ0) is 13.7. The first-order chi connectivity index (χ1) is 9.20. The molecule has 1 aliphatic carbocycles. The summed E-state index contributed by atoms with van der Waals surface area (Å²) >= 11 is 0. The van der Waals surface area contributed by atoms with Gasteiger partial charge in [-0.05, 0) is 26.2 Å². The lowest BCUT2D eigenvalue weighted by Gasteiger charge is -2.33. The summed E-state index contributed by atoms with van der Waals surface area (Å²) < 4.78 is 11.3.